The van der Waals surface area contributed by atoms with Gasteiger partial charge in [0.15, 0.2) is 0 Å². The quantitative estimate of drug-likeness (QED) is 0.413. The molecule has 0 spiro atoms. The van der Waals surface area contributed by atoms with Crippen molar-refractivity contribution in [2.24, 2.45) is 0 Å². The van der Waals surface area contributed by atoms with Crippen LogP contribution in [0.5, 0.6) is 0 Å². The molecular weight excluding hydrogens is 488 g/mol. The zero-order valence-electron chi connectivity index (χ0n) is 20.0. The largest absolute Gasteiger partial charge is 0.462 e. The van der Waals surface area contributed by atoms with Crippen LogP contribution in [0.2, 0.25) is 5.02 Å². The maximum Gasteiger partial charge on any atom is 0.338 e. The fraction of sp³-hybridized carbons (Fsp3) is 0.231. The molecule has 7 nitrogen and oxygen atoms in total. The Morgan fingerprint density at radius 2 is 1.63 bits per heavy atom. The van der Waals surface area contributed by atoms with Crippen LogP contribution in [0.3, 0.4) is 0 Å². The first-order valence-electron chi connectivity index (χ1n) is 11.0. The number of anilines is 2. The number of benzene rings is 3. The number of sulfonamides is 1. The summed E-state index contributed by atoms with van der Waals surface area (Å²) in [5.74, 6) is -1.12. The molecule has 0 saturated heterocycles. The van der Waals surface area contributed by atoms with Crippen LogP contribution in [-0.4, -0.2) is 33.4 Å². The van der Waals surface area contributed by atoms with E-state index in [0.29, 0.717) is 5.69 Å². The van der Waals surface area contributed by atoms with E-state index in [2.05, 4.69) is 5.32 Å². The fourth-order valence-corrected chi connectivity index (χ4v) is 4.95. The van der Waals surface area contributed by atoms with Gasteiger partial charge in [-0.3, -0.25) is 9.10 Å². The Hall–Kier alpha value is -3.36. The summed E-state index contributed by atoms with van der Waals surface area (Å²) >= 11 is 6.26. The molecule has 0 heterocycles. The van der Waals surface area contributed by atoms with Crippen molar-refractivity contribution in [2.75, 3.05) is 22.8 Å². The molecule has 184 valence electrons. The zero-order valence-corrected chi connectivity index (χ0v) is 21.5. The highest BCUT2D eigenvalue weighted by Crippen LogP contribution is 2.27. The van der Waals surface area contributed by atoms with Crippen molar-refractivity contribution in [1.29, 1.82) is 0 Å². The molecule has 1 N–H and O–H groups in total. The molecule has 9 heteroatoms. The van der Waals surface area contributed by atoms with Crippen molar-refractivity contribution in [1.82, 2.24) is 0 Å². The molecule has 0 aliphatic rings. The van der Waals surface area contributed by atoms with E-state index >= 15 is 0 Å². The summed E-state index contributed by atoms with van der Waals surface area (Å²) in [5.41, 5.74) is 3.67. The predicted molar refractivity (Wildman–Crippen MR) is 138 cm³/mol. The molecule has 0 saturated carbocycles. The Balaban J connectivity index is 1.92. The molecule has 0 atom stereocenters. The third-order valence-corrected chi connectivity index (χ3v) is 7.53. The summed E-state index contributed by atoms with van der Waals surface area (Å²) in [6.07, 6.45) is 0. The van der Waals surface area contributed by atoms with Crippen LogP contribution in [0.25, 0.3) is 0 Å². The SMILES string of the molecule is CCOC(=O)c1ccc(NC(=O)CN(c2ccc(C)c(C)c2)S(=O)(=O)c2ccc(C)cc2)c(Cl)c1. The Labute approximate surface area is 210 Å². The number of rotatable bonds is 8. The second kappa shape index (κ2) is 10.9. The average molecular weight is 515 g/mol. The van der Waals surface area contributed by atoms with Gasteiger partial charge in [-0.1, -0.05) is 35.4 Å². The van der Waals surface area contributed by atoms with E-state index in [4.69, 9.17) is 16.3 Å². The summed E-state index contributed by atoms with van der Waals surface area (Å²) in [7, 11) is -4.04. The van der Waals surface area contributed by atoms with Gasteiger partial charge in [0.05, 0.1) is 33.5 Å². The number of esters is 1. The van der Waals surface area contributed by atoms with E-state index in [-0.39, 0.29) is 27.8 Å². The van der Waals surface area contributed by atoms with Crippen molar-refractivity contribution in [3.63, 3.8) is 0 Å². The lowest BCUT2D eigenvalue weighted by atomic mass is 10.1. The molecule has 0 radical (unpaired) electrons. The van der Waals surface area contributed by atoms with Gasteiger partial charge in [-0.05, 0) is 81.3 Å². The van der Waals surface area contributed by atoms with E-state index in [1.807, 2.05) is 26.8 Å². The van der Waals surface area contributed by atoms with Crippen LogP contribution in [0, 0.1) is 20.8 Å². The molecule has 3 aromatic rings. The molecule has 0 unspecified atom stereocenters. The molecular formula is C26H27ClN2O5S. The summed E-state index contributed by atoms with van der Waals surface area (Å²) < 4.78 is 33.1. The molecule has 1 amide bonds. The van der Waals surface area contributed by atoms with E-state index < -0.39 is 28.4 Å². The van der Waals surface area contributed by atoms with Gasteiger partial charge < -0.3 is 10.1 Å². The number of hydrogen-bond donors (Lipinski definition) is 1. The number of carbonyl (C=O) groups excluding carboxylic acids is 2. The number of carbonyl (C=O) groups is 2. The van der Waals surface area contributed by atoms with Gasteiger partial charge in [0, 0.05) is 0 Å². The Kier molecular flexibility index (Phi) is 8.19. The normalized spacial score (nSPS) is 11.1. The third-order valence-electron chi connectivity index (χ3n) is 5.43. The van der Waals surface area contributed by atoms with Gasteiger partial charge in [-0.2, -0.15) is 0 Å². The fourth-order valence-electron chi connectivity index (χ4n) is 3.31. The summed E-state index contributed by atoms with van der Waals surface area (Å²) in [5, 5.41) is 2.77. The number of ether oxygens (including phenoxy) is 1. The van der Waals surface area contributed by atoms with Crippen LogP contribution in [-0.2, 0) is 19.6 Å². The van der Waals surface area contributed by atoms with Crippen LogP contribution in [0.4, 0.5) is 11.4 Å². The second-order valence-corrected chi connectivity index (χ2v) is 10.3. The van der Waals surface area contributed by atoms with Crippen molar-refractivity contribution >= 4 is 44.9 Å². The Morgan fingerprint density at radius 1 is 0.943 bits per heavy atom. The first kappa shape index (κ1) is 26.2. The lowest BCUT2D eigenvalue weighted by Crippen LogP contribution is -2.38. The lowest BCUT2D eigenvalue weighted by Gasteiger charge is -2.25. The Morgan fingerprint density at radius 3 is 2.23 bits per heavy atom. The van der Waals surface area contributed by atoms with E-state index in [1.54, 1.807) is 31.2 Å². The van der Waals surface area contributed by atoms with Gasteiger partial charge in [-0.15, -0.1) is 0 Å². The smallest absolute Gasteiger partial charge is 0.338 e. The Bertz CT molecular complexity index is 1350. The van der Waals surface area contributed by atoms with Gasteiger partial charge >= 0.3 is 5.97 Å². The predicted octanol–water partition coefficient (Wildman–Crippen LogP) is 5.28. The topological polar surface area (TPSA) is 92.8 Å². The van der Waals surface area contributed by atoms with Crippen molar-refractivity contribution in [3.8, 4) is 0 Å². The molecule has 0 aliphatic carbocycles. The molecule has 3 rings (SSSR count). The van der Waals surface area contributed by atoms with E-state index in [0.717, 1.165) is 21.0 Å². The monoisotopic (exact) mass is 514 g/mol. The maximum atomic E-state index is 13.5. The summed E-state index contributed by atoms with van der Waals surface area (Å²) in [6, 6.07) is 16.0. The number of amides is 1. The van der Waals surface area contributed by atoms with E-state index in [1.165, 1.54) is 30.3 Å². The highest BCUT2D eigenvalue weighted by Gasteiger charge is 2.28. The van der Waals surface area contributed by atoms with Crippen LogP contribution < -0.4 is 9.62 Å². The van der Waals surface area contributed by atoms with Crippen LogP contribution in [0.1, 0.15) is 34.0 Å². The first-order chi connectivity index (χ1) is 16.5. The standard InChI is InChI=1S/C26H27ClN2O5S/c1-5-34-26(31)20-9-13-24(23(27)15-20)28-25(30)16-29(21-10-8-18(3)19(4)14-21)35(32,33)22-11-6-17(2)7-12-22/h6-15H,5,16H2,1-4H3,(H,28,30). The first-order valence-corrected chi connectivity index (χ1v) is 12.8. The summed E-state index contributed by atoms with van der Waals surface area (Å²) in [6.45, 7) is 7.10. The summed E-state index contributed by atoms with van der Waals surface area (Å²) in [4.78, 5) is 25.0. The number of nitrogens with zero attached hydrogens (tertiary/aromatic N) is 1. The lowest BCUT2D eigenvalue weighted by molar-refractivity contribution is -0.114. The molecule has 3 aromatic carbocycles. The number of nitrogens with one attached hydrogen (secondary N) is 1. The second-order valence-electron chi connectivity index (χ2n) is 8.06. The van der Waals surface area contributed by atoms with Crippen molar-refractivity contribution < 1.29 is 22.7 Å². The molecule has 0 bridgehead atoms. The molecule has 35 heavy (non-hydrogen) atoms. The maximum absolute atomic E-state index is 13.5. The van der Waals surface area contributed by atoms with Crippen molar-refractivity contribution in [2.45, 2.75) is 32.6 Å². The molecule has 0 aliphatic heterocycles. The van der Waals surface area contributed by atoms with Gasteiger partial charge in [0.1, 0.15) is 6.54 Å². The zero-order chi connectivity index (χ0) is 25.8. The minimum absolute atomic E-state index is 0.0750. The van der Waals surface area contributed by atoms with Crippen LogP contribution >= 0.6 is 11.6 Å². The number of aryl methyl sites for hydroxylation is 3. The van der Waals surface area contributed by atoms with Gasteiger partial charge in [-0.25, -0.2) is 13.2 Å². The average Bonchev–Trinajstić information content (AvgIpc) is 2.81. The molecule has 0 aromatic heterocycles. The highest BCUT2D eigenvalue weighted by atomic mass is 35.5. The minimum Gasteiger partial charge on any atom is -0.462 e. The minimum atomic E-state index is -4.04. The highest BCUT2D eigenvalue weighted by molar-refractivity contribution is 7.92. The molecule has 0 fully saturated rings. The van der Waals surface area contributed by atoms with Gasteiger partial charge in [0.2, 0.25) is 5.91 Å². The van der Waals surface area contributed by atoms with Crippen LogP contribution in [0.15, 0.2) is 65.6 Å². The van der Waals surface area contributed by atoms with Gasteiger partial charge in [0.25, 0.3) is 10.0 Å². The van der Waals surface area contributed by atoms with Crippen molar-refractivity contribution in [3.05, 3.63) is 87.9 Å². The number of halogens is 1. The number of hydrogen-bond acceptors (Lipinski definition) is 5. The third kappa shape index (κ3) is 6.21. The van der Waals surface area contributed by atoms with E-state index in [9.17, 15) is 18.0 Å².